The first-order valence-electron chi connectivity index (χ1n) is 7.80. The molecule has 0 heterocycles. The molecule has 0 aromatic heterocycles. The van der Waals surface area contributed by atoms with E-state index in [1.54, 1.807) is 0 Å². The molecule has 3 unspecified atom stereocenters. The molecule has 136 valence electrons. The van der Waals surface area contributed by atoms with E-state index in [0.717, 1.165) is 12.1 Å². The molecule has 0 spiro atoms. The highest BCUT2D eigenvalue weighted by molar-refractivity contribution is 5.89. The van der Waals surface area contributed by atoms with Gasteiger partial charge in [0.15, 0.2) is 0 Å². The van der Waals surface area contributed by atoms with Crippen molar-refractivity contribution in [2.45, 2.75) is 51.8 Å². The molecule has 3 atom stereocenters. The van der Waals surface area contributed by atoms with Crippen molar-refractivity contribution in [3.05, 3.63) is 35.4 Å². The van der Waals surface area contributed by atoms with E-state index >= 15 is 0 Å². The number of amides is 1. The van der Waals surface area contributed by atoms with Gasteiger partial charge in [-0.15, -0.1) is 12.4 Å². The molecular weight excluding hydrogens is 338 g/mol. The van der Waals surface area contributed by atoms with Crippen LogP contribution in [0.15, 0.2) is 18.2 Å². The van der Waals surface area contributed by atoms with Crippen LogP contribution in [-0.4, -0.2) is 24.2 Å². The Hall–Kier alpha value is -1.24. The van der Waals surface area contributed by atoms with Gasteiger partial charge in [-0.3, -0.25) is 4.79 Å². The number of carbonyl (C=O) groups is 1. The second-order valence-electron chi connectivity index (χ2n) is 6.67. The summed E-state index contributed by atoms with van der Waals surface area (Å²) in [6, 6.07) is 2.80. The van der Waals surface area contributed by atoms with Crippen molar-refractivity contribution < 1.29 is 18.3 Å². The molecule has 0 saturated heterocycles. The lowest BCUT2D eigenvalue weighted by atomic mass is 9.54. The standard InChI is InChI=1S/C17H24F2N2O2.ClH/c1-5-23-13-9-17(20,16(13,3)4)15(22)21-10(2)14-11(18)7-6-8-12(14)19;/h6-8,10,13H,5,9,20H2,1-4H3,(H,21,22);1H. The lowest BCUT2D eigenvalue weighted by Gasteiger charge is -2.57. The smallest absolute Gasteiger partial charge is 0.241 e. The third-order valence-electron chi connectivity index (χ3n) is 5.02. The molecule has 1 amide bonds. The van der Waals surface area contributed by atoms with Gasteiger partial charge in [0.25, 0.3) is 0 Å². The first-order valence-corrected chi connectivity index (χ1v) is 7.80. The van der Waals surface area contributed by atoms with Gasteiger partial charge in [0.1, 0.15) is 17.2 Å². The van der Waals surface area contributed by atoms with E-state index in [9.17, 15) is 13.6 Å². The minimum absolute atomic E-state index is 0. The lowest BCUT2D eigenvalue weighted by molar-refractivity contribution is -0.171. The summed E-state index contributed by atoms with van der Waals surface area (Å²) in [7, 11) is 0. The van der Waals surface area contributed by atoms with Crippen LogP contribution < -0.4 is 11.1 Å². The monoisotopic (exact) mass is 362 g/mol. The fourth-order valence-electron chi connectivity index (χ4n) is 3.14. The molecule has 24 heavy (non-hydrogen) atoms. The number of carbonyl (C=O) groups excluding carboxylic acids is 1. The Bertz CT molecular complexity index is 592. The molecule has 4 nitrogen and oxygen atoms in total. The van der Waals surface area contributed by atoms with E-state index in [1.165, 1.54) is 13.0 Å². The molecule has 1 aliphatic carbocycles. The van der Waals surface area contributed by atoms with Gasteiger partial charge in [-0.05, 0) is 26.0 Å². The topological polar surface area (TPSA) is 64.3 Å². The van der Waals surface area contributed by atoms with Crippen molar-refractivity contribution in [1.82, 2.24) is 5.32 Å². The molecule has 1 aromatic rings. The Morgan fingerprint density at radius 1 is 1.42 bits per heavy atom. The van der Waals surface area contributed by atoms with Crippen molar-refractivity contribution in [3.63, 3.8) is 0 Å². The van der Waals surface area contributed by atoms with E-state index in [0.29, 0.717) is 13.0 Å². The van der Waals surface area contributed by atoms with Crippen LogP contribution in [0.3, 0.4) is 0 Å². The Labute approximate surface area is 147 Å². The molecule has 1 aliphatic rings. The Kier molecular flexibility index (Phi) is 6.36. The van der Waals surface area contributed by atoms with Crippen molar-refractivity contribution >= 4 is 18.3 Å². The van der Waals surface area contributed by atoms with Crippen LogP contribution in [0.4, 0.5) is 8.78 Å². The maximum Gasteiger partial charge on any atom is 0.241 e. The number of benzene rings is 1. The van der Waals surface area contributed by atoms with Crippen molar-refractivity contribution in [3.8, 4) is 0 Å². The predicted molar refractivity (Wildman–Crippen MR) is 90.9 cm³/mol. The summed E-state index contributed by atoms with van der Waals surface area (Å²) in [5.74, 6) is -1.80. The number of nitrogens with two attached hydrogens (primary N) is 1. The molecule has 0 aliphatic heterocycles. The van der Waals surface area contributed by atoms with Gasteiger partial charge in [0.05, 0.1) is 12.1 Å². The van der Waals surface area contributed by atoms with Gasteiger partial charge in [0.2, 0.25) is 5.91 Å². The number of hydrogen-bond donors (Lipinski definition) is 2. The zero-order valence-electron chi connectivity index (χ0n) is 14.4. The number of rotatable bonds is 5. The van der Waals surface area contributed by atoms with E-state index in [2.05, 4.69) is 5.32 Å². The van der Waals surface area contributed by atoms with E-state index in [4.69, 9.17) is 10.5 Å². The van der Waals surface area contributed by atoms with Crippen LogP contribution in [0.5, 0.6) is 0 Å². The maximum absolute atomic E-state index is 13.8. The Morgan fingerprint density at radius 2 is 1.96 bits per heavy atom. The van der Waals surface area contributed by atoms with Gasteiger partial charge in [-0.1, -0.05) is 19.9 Å². The highest BCUT2D eigenvalue weighted by Gasteiger charge is 2.63. The fourth-order valence-corrected chi connectivity index (χ4v) is 3.14. The number of ether oxygens (including phenoxy) is 1. The zero-order valence-corrected chi connectivity index (χ0v) is 15.2. The molecule has 0 radical (unpaired) electrons. The quantitative estimate of drug-likeness (QED) is 0.846. The molecule has 0 bridgehead atoms. The third kappa shape index (κ3) is 3.27. The van der Waals surface area contributed by atoms with Crippen molar-refractivity contribution in [1.29, 1.82) is 0 Å². The zero-order chi connectivity index (χ0) is 17.4. The van der Waals surface area contributed by atoms with Crippen molar-refractivity contribution in [2.75, 3.05) is 6.61 Å². The molecular formula is C17H25ClF2N2O2. The van der Waals surface area contributed by atoms with Crippen LogP contribution in [-0.2, 0) is 9.53 Å². The largest absolute Gasteiger partial charge is 0.378 e. The van der Waals surface area contributed by atoms with E-state index < -0.39 is 34.5 Å². The average Bonchev–Trinajstić information content (AvgIpc) is 2.46. The van der Waals surface area contributed by atoms with Gasteiger partial charge in [-0.2, -0.15) is 0 Å². The molecule has 1 fully saturated rings. The Balaban J connectivity index is 0.00000288. The first kappa shape index (κ1) is 20.8. The number of hydrogen-bond acceptors (Lipinski definition) is 3. The van der Waals surface area contributed by atoms with Crippen LogP contribution in [0, 0.1) is 17.0 Å². The maximum atomic E-state index is 13.8. The lowest BCUT2D eigenvalue weighted by Crippen LogP contribution is -2.75. The summed E-state index contributed by atoms with van der Waals surface area (Å²) < 4.78 is 33.2. The summed E-state index contributed by atoms with van der Waals surface area (Å²) in [4.78, 5) is 12.6. The minimum Gasteiger partial charge on any atom is -0.378 e. The van der Waals surface area contributed by atoms with Crippen LogP contribution in [0.1, 0.15) is 45.7 Å². The van der Waals surface area contributed by atoms with Gasteiger partial charge in [0, 0.05) is 24.0 Å². The second-order valence-corrected chi connectivity index (χ2v) is 6.67. The van der Waals surface area contributed by atoms with Crippen molar-refractivity contribution in [2.24, 2.45) is 11.1 Å². The molecule has 1 aromatic carbocycles. The first-order chi connectivity index (χ1) is 10.6. The second kappa shape index (κ2) is 7.33. The van der Waals surface area contributed by atoms with Gasteiger partial charge >= 0.3 is 0 Å². The van der Waals surface area contributed by atoms with Crippen LogP contribution >= 0.6 is 12.4 Å². The Morgan fingerprint density at radius 3 is 2.42 bits per heavy atom. The SMILES string of the molecule is CCOC1CC(N)(C(=O)NC(C)c2c(F)cccc2F)C1(C)C.Cl. The summed E-state index contributed by atoms with van der Waals surface area (Å²) >= 11 is 0. The van der Waals surface area contributed by atoms with Crippen LogP contribution in [0.2, 0.25) is 0 Å². The molecule has 1 saturated carbocycles. The normalized spacial score (nSPS) is 26.0. The van der Waals surface area contributed by atoms with E-state index in [1.807, 2.05) is 20.8 Å². The molecule has 2 rings (SSSR count). The highest BCUT2D eigenvalue weighted by atomic mass is 35.5. The van der Waals surface area contributed by atoms with Crippen LogP contribution in [0.25, 0.3) is 0 Å². The number of halogens is 3. The molecule has 3 N–H and O–H groups in total. The summed E-state index contributed by atoms with van der Waals surface area (Å²) in [6.45, 7) is 7.70. The summed E-state index contributed by atoms with van der Waals surface area (Å²) in [5.41, 5.74) is 4.43. The average molecular weight is 363 g/mol. The summed E-state index contributed by atoms with van der Waals surface area (Å²) in [6.07, 6.45) is 0.273. The minimum atomic E-state index is -1.12. The van der Waals surface area contributed by atoms with Gasteiger partial charge < -0.3 is 15.8 Å². The fraction of sp³-hybridized carbons (Fsp3) is 0.588. The van der Waals surface area contributed by atoms with E-state index in [-0.39, 0.29) is 24.1 Å². The predicted octanol–water partition coefficient (Wildman–Crippen LogP) is 3.10. The van der Waals surface area contributed by atoms with Gasteiger partial charge in [-0.25, -0.2) is 8.78 Å². The highest BCUT2D eigenvalue weighted by Crippen LogP contribution is 2.50. The number of nitrogens with one attached hydrogen (secondary N) is 1. The third-order valence-corrected chi connectivity index (χ3v) is 5.02. The molecule has 7 heteroatoms. The summed E-state index contributed by atoms with van der Waals surface area (Å²) in [5, 5.41) is 2.64.